The summed E-state index contributed by atoms with van der Waals surface area (Å²) in [6, 6.07) is 41.5. The van der Waals surface area contributed by atoms with Crippen molar-refractivity contribution in [1.82, 2.24) is 9.55 Å². The molecule has 5 nitrogen and oxygen atoms in total. The summed E-state index contributed by atoms with van der Waals surface area (Å²) in [6.07, 6.45) is -3.17. The molecule has 0 aliphatic heterocycles. The molecule has 0 bridgehead atoms. The third-order valence-electron chi connectivity index (χ3n) is 8.17. The van der Waals surface area contributed by atoms with Gasteiger partial charge in [0, 0.05) is 11.8 Å². The second-order valence-electron chi connectivity index (χ2n) is 11.4. The molecule has 0 spiro atoms. The van der Waals surface area contributed by atoms with Crippen LogP contribution in [0.4, 0.5) is 18.9 Å². The molecule has 0 aliphatic carbocycles. The van der Waals surface area contributed by atoms with Gasteiger partial charge in [-0.15, -0.1) is 0 Å². The maximum Gasteiger partial charge on any atom is 0.434 e. The minimum atomic E-state index is -4.56. The number of alkyl halides is 3. The number of nitrogen functional groups attached to an aromatic ring is 1. The van der Waals surface area contributed by atoms with Crippen LogP contribution >= 0.6 is 6.89 Å². The summed E-state index contributed by atoms with van der Waals surface area (Å²) in [5.74, 6) is 0.618. The van der Waals surface area contributed by atoms with Crippen molar-refractivity contribution >= 4 is 45.8 Å². The smallest absolute Gasteiger partial charge is 0.397 e. The normalized spacial score (nSPS) is 11.7. The molecule has 240 valence electrons. The lowest BCUT2D eigenvalue weighted by Gasteiger charge is -2.28. The number of nitrogens with zero attached hydrogens (tertiary/aromatic N) is 2. The van der Waals surface area contributed by atoms with Gasteiger partial charge in [0.25, 0.3) is 0 Å². The van der Waals surface area contributed by atoms with E-state index in [4.69, 9.17) is 5.73 Å². The van der Waals surface area contributed by atoms with Crippen molar-refractivity contribution in [2.45, 2.75) is 19.5 Å². The van der Waals surface area contributed by atoms with Crippen molar-refractivity contribution in [3.05, 3.63) is 168 Å². The van der Waals surface area contributed by atoms with Crippen molar-refractivity contribution in [3.63, 3.8) is 0 Å². The minimum absolute atomic E-state index is 0.171. The summed E-state index contributed by atoms with van der Waals surface area (Å²) < 4.78 is 40.8. The first kappa shape index (κ1) is 32.5. The first-order chi connectivity index (χ1) is 23.1. The highest BCUT2D eigenvalue weighted by atomic mass is 31.2. The zero-order valence-corrected chi connectivity index (χ0v) is 26.8. The van der Waals surface area contributed by atoms with Crippen LogP contribution in [0, 0.1) is 6.92 Å². The third-order valence-corrected chi connectivity index (χ3v) is 12.1. The molecule has 6 rings (SSSR count). The van der Waals surface area contributed by atoms with Gasteiger partial charge in [0.2, 0.25) is 11.6 Å². The lowest BCUT2D eigenvalue weighted by molar-refractivity contribution is -0.141. The number of aromatic nitrogens is 2. The molecule has 2 N–H and O–H groups in total. The fourth-order valence-electron chi connectivity index (χ4n) is 5.83. The van der Waals surface area contributed by atoms with E-state index in [9.17, 15) is 22.8 Å². The maximum absolute atomic E-state index is 13.9. The van der Waals surface area contributed by atoms with E-state index in [0.29, 0.717) is 17.8 Å². The summed E-state index contributed by atoms with van der Waals surface area (Å²) in [6.45, 7) is -1.16. The van der Waals surface area contributed by atoms with Crippen LogP contribution in [-0.2, 0) is 17.4 Å². The molecule has 0 amide bonds. The molecule has 6 aromatic rings. The van der Waals surface area contributed by atoms with Gasteiger partial charge in [-0.3, -0.25) is 9.59 Å². The predicted octanol–water partition coefficient (Wildman–Crippen LogP) is 6.92. The Labute approximate surface area is 276 Å². The minimum Gasteiger partial charge on any atom is -0.397 e. The Morgan fingerprint density at radius 1 is 0.750 bits per heavy atom. The van der Waals surface area contributed by atoms with Crippen molar-refractivity contribution in [1.29, 1.82) is 0 Å². The quantitative estimate of drug-likeness (QED) is 0.0790. The number of nitrogens with two attached hydrogens (primary N) is 1. The number of aryl methyl sites for hydroxylation is 1. The van der Waals surface area contributed by atoms with Crippen LogP contribution in [0.2, 0.25) is 0 Å². The van der Waals surface area contributed by atoms with Gasteiger partial charge in [-0.1, -0.05) is 121 Å². The molecule has 0 radical (unpaired) electrons. The molecule has 0 aliphatic rings. The van der Waals surface area contributed by atoms with E-state index in [0.717, 1.165) is 33.2 Å². The summed E-state index contributed by atoms with van der Waals surface area (Å²) >= 11 is 0. The Bertz CT molecular complexity index is 2040. The highest BCUT2D eigenvalue weighted by Gasteiger charge is 2.34. The monoisotopic (exact) mass is 661 g/mol. The Morgan fingerprint density at radius 2 is 1.25 bits per heavy atom. The van der Waals surface area contributed by atoms with E-state index < -0.39 is 30.3 Å². The SMILES string of the molecule is Cc1nc(C(F)(F)F)cn1-c1ccc(Cc2ccc(C(=O)C(=O)C=P(c3ccccc3)(c3ccccc3)c3ccccc3)cc2)cc1N. The molecule has 9 heteroatoms. The van der Waals surface area contributed by atoms with E-state index in [2.05, 4.69) is 4.98 Å². The Kier molecular flexibility index (Phi) is 9.03. The second-order valence-corrected chi connectivity index (χ2v) is 14.6. The van der Waals surface area contributed by atoms with Crippen LogP contribution in [0.5, 0.6) is 0 Å². The molecule has 0 atom stereocenters. The molecule has 0 saturated heterocycles. The van der Waals surface area contributed by atoms with Gasteiger partial charge in [-0.05, 0) is 65.2 Å². The average Bonchev–Trinajstić information content (AvgIpc) is 3.50. The number of carbonyl (C=O) groups is 2. The van der Waals surface area contributed by atoms with Gasteiger partial charge in [-0.25, -0.2) is 4.98 Å². The van der Waals surface area contributed by atoms with Crippen molar-refractivity contribution in [3.8, 4) is 5.69 Å². The standard InChI is InChI=1S/C39H31F3N3O2P/c1-27-44-37(39(40,41)42)25-45(27)35-22-19-29(24-34(35)43)23-28-17-20-30(21-18-28)38(47)36(46)26-48(31-11-5-2-6-12-31,32-13-7-3-8-14-32)33-15-9-4-10-16-33/h2-22,24-26H,23,43H2,1H3. The van der Waals surface area contributed by atoms with Crippen LogP contribution in [0.15, 0.2) is 140 Å². The van der Waals surface area contributed by atoms with Gasteiger partial charge in [0.05, 0.1) is 11.4 Å². The van der Waals surface area contributed by atoms with Crippen LogP contribution in [0.1, 0.15) is 33.0 Å². The van der Waals surface area contributed by atoms with Gasteiger partial charge < -0.3 is 10.3 Å². The van der Waals surface area contributed by atoms with Crippen molar-refractivity contribution in [2.24, 2.45) is 0 Å². The fraction of sp³-hybridized carbons (Fsp3) is 0.0769. The molecule has 0 unspecified atom stereocenters. The first-order valence-electron chi connectivity index (χ1n) is 15.2. The number of hydrogen-bond acceptors (Lipinski definition) is 4. The fourth-order valence-corrected chi connectivity index (χ4v) is 9.57. The van der Waals surface area contributed by atoms with Gasteiger partial charge in [0.1, 0.15) is 5.82 Å². The van der Waals surface area contributed by atoms with E-state index in [-0.39, 0.29) is 11.4 Å². The summed E-state index contributed by atoms with van der Waals surface area (Å²) in [5, 5.41) is 2.90. The van der Waals surface area contributed by atoms with E-state index in [1.807, 2.05) is 91.0 Å². The van der Waals surface area contributed by atoms with Gasteiger partial charge in [-0.2, -0.15) is 13.2 Å². The van der Waals surface area contributed by atoms with Gasteiger partial charge in [0.15, 0.2) is 5.69 Å². The average molecular weight is 662 g/mol. The number of anilines is 1. The van der Waals surface area contributed by atoms with Gasteiger partial charge >= 0.3 is 6.18 Å². The number of benzene rings is 5. The van der Waals surface area contributed by atoms with Crippen molar-refractivity contribution in [2.75, 3.05) is 5.73 Å². The topological polar surface area (TPSA) is 78.0 Å². The molecular formula is C39H31F3N3O2P. The first-order valence-corrected chi connectivity index (χ1v) is 17.0. The molecule has 1 aromatic heterocycles. The van der Waals surface area contributed by atoms with E-state index >= 15 is 0 Å². The van der Waals surface area contributed by atoms with Crippen LogP contribution in [0.3, 0.4) is 0 Å². The zero-order chi connectivity index (χ0) is 33.9. The van der Waals surface area contributed by atoms with Crippen LogP contribution in [0.25, 0.3) is 5.69 Å². The number of hydrogen-bond donors (Lipinski definition) is 1. The molecule has 48 heavy (non-hydrogen) atoms. The lowest BCUT2D eigenvalue weighted by atomic mass is 10.0. The Hall–Kier alpha value is -5.46. The van der Waals surface area contributed by atoms with E-state index in [1.54, 1.807) is 48.3 Å². The maximum atomic E-state index is 13.9. The highest BCUT2D eigenvalue weighted by molar-refractivity contribution is 7.95. The highest BCUT2D eigenvalue weighted by Crippen LogP contribution is 2.43. The third kappa shape index (κ3) is 6.53. The zero-order valence-electron chi connectivity index (χ0n) is 25.9. The van der Waals surface area contributed by atoms with Crippen LogP contribution in [-0.4, -0.2) is 26.9 Å². The second kappa shape index (κ2) is 13.3. The number of rotatable bonds is 9. The summed E-state index contributed by atoms with van der Waals surface area (Å²) in [4.78, 5) is 31.1. The molecule has 0 saturated carbocycles. The largest absolute Gasteiger partial charge is 0.434 e. The Morgan fingerprint density at radius 3 is 1.71 bits per heavy atom. The number of halogens is 3. The molecular weight excluding hydrogens is 630 g/mol. The Balaban J connectivity index is 1.28. The lowest BCUT2D eigenvalue weighted by Crippen LogP contribution is -2.30. The summed E-state index contributed by atoms with van der Waals surface area (Å²) in [7, 11) is 0. The molecule has 0 fully saturated rings. The number of carbonyl (C=O) groups excluding carboxylic acids is 2. The molecule has 1 heterocycles. The number of ketones is 2. The number of Topliss-reactive ketones (excluding diaryl/α,β-unsaturated/α-hetero) is 2. The molecule has 5 aromatic carbocycles. The number of imidazole rings is 1. The summed E-state index contributed by atoms with van der Waals surface area (Å²) in [5.41, 5.74) is 7.95. The van der Waals surface area contributed by atoms with Crippen molar-refractivity contribution < 1.29 is 22.8 Å². The van der Waals surface area contributed by atoms with E-state index in [1.165, 1.54) is 11.5 Å². The van der Waals surface area contributed by atoms with Crippen LogP contribution < -0.4 is 21.6 Å². The predicted molar refractivity (Wildman–Crippen MR) is 188 cm³/mol.